The lowest BCUT2D eigenvalue weighted by Crippen LogP contribution is -1.85. The Morgan fingerprint density at radius 1 is 1.36 bits per heavy atom. The van der Waals surface area contributed by atoms with E-state index in [1.807, 2.05) is 0 Å². The van der Waals surface area contributed by atoms with Crippen LogP contribution in [0.5, 0.6) is 5.75 Å². The third-order valence-electron chi connectivity index (χ3n) is 1.82. The molecule has 3 heteroatoms. The number of hydrogen-bond donors (Lipinski definition) is 2. The molecule has 0 aliphatic carbocycles. The molecule has 3 nitrogen and oxygen atoms in total. The quantitative estimate of drug-likeness (QED) is 0.710. The minimum Gasteiger partial charge on any atom is -0.508 e. The van der Waals surface area contributed by atoms with Gasteiger partial charge in [0.2, 0.25) is 0 Å². The number of allylic oxidation sites excluding steroid dienone is 1. The number of rotatable bonds is 4. The van der Waals surface area contributed by atoms with Crippen molar-refractivity contribution in [1.82, 2.24) is 0 Å². The van der Waals surface area contributed by atoms with Crippen molar-refractivity contribution in [3.8, 4) is 5.75 Å². The fourth-order valence-electron chi connectivity index (χ4n) is 1.10. The topological polar surface area (TPSA) is 57.5 Å². The summed E-state index contributed by atoms with van der Waals surface area (Å²) >= 11 is 0. The largest absolute Gasteiger partial charge is 0.508 e. The van der Waals surface area contributed by atoms with Crippen molar-refractivity contribution in [1.29, 1.82) is 0 Å². The molecule has 0 aromatic heterocycles. The highest BCUT2D eigenvalue weighted by atomic mass is 16.3. The van der Waals surface area contributed by atoms with Gasteiger partial charge in [-0.1, -0.05) is 18.2 Å². The molecule has 0 spiro atoms. The second-order valence-corrected chi connectivity index (χ2v) is 2.85. The van der Waals surface area contributed by atoms with E-state index in [-0.39, 0.29) is 12.4 Å². The molecule has 0 aliphatic rings. The zero-order chi connectivity index (χ0) is 10.4. The summed E-state index contributed by atoms with van der Waals surface area (Å²) in [6.45, 7) is -0.193. The molecular weight excluding hydrogens is 180 g/mol. The van der Waals surface area contributed by atoms with Gasteiger partial charge in [0.25, 0.3) is 0 Å². The van der Waals surface area contributed by atoms with E-state index in [0.717, 1.165) is 11.8 Å². The van der Waals surface area contributed by atoms with Gasteiger partial charge in [-0.25, -0.2) is 0 Å². The first-order chi connectivity index (χ1) is 6.77. The van der Waals surface area contributed by atoms with Crippen LogP contribution >= 0.6 is 0 Å². The van der Waals surface area contributed by atoms with Crippen LogP contribution in [-0.4, -0.2) is 16.5 Å². The van der Waals surface area contributed by atoms with Crippen LogP contribution in [0.2, 0.25) is 0 Å². The van der Waals surface area contributed by atoms with Gasteiger partial charge in [-0.05, 0) is 17.7 Å². The van der Waals surface area contributed by atoms with Crippen molar-refractivity contribution in [3.05, 3.63) is 35.4 Å². The van der Waals surface area contributed by atoms with Gasteiger partial charge in [-0.2, -0.15) is 0 Å². The third-order valence-corrected chi connectivity index (χ3v) is 1.82. The predicted molar refractivity (Wildman–Crippen MR) is 53.7 cm³/mol. The number of carbonyl (C=O) groups is 1. The number of aliphatic hydroxyl groups is 1. The zero-order valence-corrected chi connectivity index (χ0v) is 7.68. The van der Waals surface area contributed by atoms with Crippen molar-refractivity contribution >= 4 is 12.4 Å². The number of aldehydes is 1. The summed E-state index contributed by atoms with van der Waals surface area (Å²) in [7, 11) is 0. The third kappa shape index (κ3) is 2.71. The Morgan fingerprint density at radius 3 is 2.79 bits per heavy atom. The number of hydrogen-bond acceptors (Lipinski definition) is 3. The van der Waals surface area contributed by atoms with Crippen LogP contribution in [0.1, 0.15) is 17.5 Å². The van der Waals surface area contributed by atoms with E-state index in [1.165, 1.54) is 6.07 Å². The molecule has 0 radical (unpaired) electrons. The van der Waals surface area contributed by atoms with Gasteiger partial charge in [-0.3, -0.25) is 0 Å². The minimum absolute atomic E-state index is 0.0834. The van der Waals surface area contributed by atoms with E-state index < -0.39 is 0 Å². The van der Waals surface area contributed by atoms with E-state index in [0.29, 0.717) is 12.0 Å². The molecule has 0 bridgehead atoms. The van der Waals surface area contributed by atoms with Crippen molar-refractivity contribution in [2.45, 2.75) is 13.0 Å². The Hall–Kier alpha value is -1.61. The van der Waals surface area contributed by atoms with Crippen LogP contribution in [0.15, 0.2) is 24.3 Å². The Labute approximate surface area is 82.3 Å². The smallest absolute Gasteiger partial charge is 0.123 e. The number of aromatic hydroxyl groups is 1. The molecule has 0 amide bonds. The lowest BCUT2D eigenvalue weighted by molar-refractivity contribution is -0.107. The minimum atomic E-state index is -0.193. The van der Waals surface area contributed by atoms with Gasteiger partial charge >= 0.3 is 0 Å². The molecule has 74 valence electrons. The standard InChI is InChI=1S/C11H12O3/c12-6-2-1-3-9-4-5-11(14)10(7-9)8-13/h1,3-7,13-14H,2,8H2. The first-order valence-corrected chi connectivity index (χ1v) is 4.31. The summed E-state index contributed by atoms with van der Waals surface area (Å²) in [6, 6.07) is 4.92. The first-order valence-electron chi connectivity index (χ1n) is 4.31. The highest BCUT2D eigenvalue weighted by Crippen LogP contribution is 2.19. The van der Waals surface area contributed by atoms with E-state index in [9.17, 15) is 9.90 Å². The number of aliphatic hydroxyl groups excluding tert-OH is 1. The summed E-state index contributed by atoms with van der Waals surface area (Å²) in [5.74, 6) is 0.0834. The van der Waals surface area contributed by atoms with Gasteiger partial charge in [0.1, 0.15) is 12.0 Å². The highest BCUT2D eigenvalue weighted by molar-refractivity contribution is 5.59. The van der Waals surface area contributed by atoms with Gasteiger partial charge in [0.15, 0.2) is 0 Å². The molecule has 2 N–H and O–H groups in total. The Morgan fingerprint density at radius 2 is 2.14 bits per heavy atom. The second-order valence-electron chi connectivity index (χ2n) is 2.85. The molecular formula is C11H12O3. The summed E-state index contributed by atoms with van der Waals surface area (Å²) in [6.07, 6.45) is 4.67. The second kappa shape index (κ2) is 5.19. The van der Waals surface area contributed by atoms with E-state index >= 15 is 0 Å². The summed E-state index contributed by atoms with van der Waals surface area (Å²) in [4.78, 5) is 10.0. The maximum absolute atomic E-state index is 10.0. The predicted octanol–water partition coefficient (Wildman–Crippen LogP) is 1.49. The molecule has 14 heavy (non-hydrogen) atoms. The van der Waals surface area contributed by atoms with Crippen molar-refractivity contribution in [2.75, 3.05) is 0 Å². The van der Waals surface area contributed by atoms with Crippen molar-refractivity contribution in [2.24, 2.45) is 0 Å². The lowest BCUT2D eigenvalue weighted by atomic mass is 10.1. The van der Waals surface area contributed by atoms with Crippen molar-refractivity contribution in [3.63, 3.8) is 0 Å². The molecule has 1 aromatic rings. The Balaban J connectivity index is 2.83. The number of benzene rings is 1. The average Bonchev–Trinajstić information content (AvgIpc) is 2.21. The van der Waals surface area contributed by atoms with E-state index in [4.69, 9.17) is 5.11 Å². The van der Waals surface area contributed by atoms with E-state index in [2.05, 4.69) is 0 Å². The number of phenols is 1. The maximum atomic E-state index is 10.0. The summed E-state index contributed by atoms with van der Waals surface area (Å²) < 4.78 is 0. The summed E-state index contributed by atoms with van der Waals surface area (Å²) in [5, 5.41) is 18.1. The van der Waals surface area contributed by atoms with Crippen LogP contribution in [0, 0.1) is 0 Å². The fraction of sp³-hybridized carbons (Fsp3) is 0.182. The van der Waals surface area contributed by atoms with Gasteiger partial charge < -0.3 is 15.0 Å². The van der Waals surface area contributed by atoms with Gasteiger partial charge in [-0.15, -0.1) is 0 Å². The molecule has 0 unspecified atom stereocenters. The van der Waals surface area contributed by atoms with Gasteiger partial charge in [0, 0.05) is 12.0 Å². The normalized spacial score (nSPS) is 10.6. The van der Waals surface area contributed by atoms with Crippen LogP contribution in [0.4, 0.5) is 0 Å². The molecule has 0 saturated carbocycles. The molecule has 1 rings (SSSR count). The van der Waals surface area contributed by atoms with Gasteiger partial charge in [0.05, 0.1) is 6.61 Å². The number of carbonyl (C=O) groups excluding carboxylic acids is 1. The zero-order valence-electron chi connectivity index (χ0n) is 7.68. The monoisotopic (exact) mass is 192 g/mol. The Kier molecular flexibility index (Phi) is 3.88. The summed E-state index contributed by atoms with van der Waals surface area (Å²) in [5.41, 5.74) is 1.34. The maximum Gasteiger partial charge on any atom is 0.123 e. The van der Waals surface area contributed by atoms with Crippen LogP contribution in [0.3, 0.4) is 0 Å². The van der Waals surface area contributed by atoms with Crippen LogP contribution in [-0.2, 0) is 11.4 Å². The average molecular weight is 192 g/mol. The van der Waals surface area contributed by atoms with Crippen LogP contribution in [0.25, 0.3) is 6.08 Å². The molecule has 0 atom stereocenters. The first kappa shape index (κ1) is 10.5. The fourth-order valence-corrected chi connectivity index (χ4v) is 1.10. The van der Waals surface area contributed by atoms with Crippen LogP contribution < -0.4 is 0 Å². The van der Waals surface area contributed by atoms with Crippen molar-refractivity contribution < 1.29 is 15.0 Å². The molecule has 0 aliphatic heterocycles. The molecule has 1 aromatic carbocycles. The highest BCUT2D eigenvalue weighted by Gasteiger charge is 1.98. The molecule has 0 saturated heterocycles. The lowest BCUT2D eigenvalue weighted by Gasteiger charge is -2.01. The Bertz CT molecular complexity index is 342. The van der Waals surface area contributed by atoms with E-state index in [1.54, 1.807) is 24.3 Å². The molecule has 0 fully saturated rings. The molecule has 0 heterocycles. The SMILES string of the molecule is O=CCC=Cc1ccc(O)c(CO)c1.